The Kier molecular flexibility index (Phi) is 4.84. The Morgan fingerprint density at radius 2 is 1.76 bits per heavy atom. The number of halogens is 1. The van der Waals surface area contributed by atoms with Gasteiger partial charge in [0.05, 0.1) is 0 Å². The van der Waals surface area contributed by atoms with Crippen LogP contribution in [0.4, 0.5) is 5.69 Å². The second-order valence-electron chi connectivity index (χ2n) is 5.56. The molecule has 2 aromatic rings. The number of rotatable bonds is 3. The first-order valence-corrected chi connectivity index (χ1v) is 7.87. The van der Waals surface area contributed by atoms with E-state index in [0.717, 1.165) is 26.9 Å². The summed E-state index contributed by atoms with van der Waals surface area (Å²) in [5.74, 6) is 0.300. The summed E-state index contributed by atoms with van der Waals surface area (Å²) in [5.41, 5.74) is 4.83. The highest BCUT2D eigenvalue weighted by molar-refractivity contribution is 9.10. The van der Waals surface area contributed by atoms with Crippen LogP contribution in [0.15, 0.2) is 40.9 Å². The molecule has 0 fully saturated rings. The number of hydrogen-bond acceptors (Lipinski definition) is 1. The van der Waals surface area contributed by atoms with E-state index in [0.29, 0.717) is 11.5 Å². The maximum Gasteiger partial charge on any atom is 0.255 e. The molecular formula is C18H20BrNO. The highest BCUT2D eigenvalue weighted by Gasteiger charge is 2.15. The summed E-state index contributed by atoms with van der Waals surface area (Å²) in [4.78, 5) is 12.6. The van der Waals surface area contributed by atoms with Gasteiger partial charge in [-0.05, 0) is 48.6 Å². The lowest BCUT2D eigenvalue weighted by molar-refractivity contribution is 0.102. The number of nitrogens with one attached hydrogen (secondary N) is 1. The average Bonchev–Trinajstić information content (AvgIpc) is 2.43. The second kappa shape index (κ2) is 6.44. The van der Waals surface area contributed by atoms with Crippen LogP contribution in [0.5, 0.6) is 0 Å². The van der Waals surface area contributed by atoms with Crippen LogP contribution in [0.25, 0.3) is 0 Å². The van der Waals surface area contributed by atoms with Gasteiger partial charge in [-0.3, -0.25) is 4.79 Å². The largest absolute Gasteiger partial charge is 0.321 e. The molecular weight excluding hydrogens is 326 g/mol. The zero-order valence-corrected chi connectivity index (χ0v) is 14.4. The molecule has 0 aliphatic heterocycles. The Labute approximate surface area is 134 Å². The van der Waals surface area contributed by atoms with E-state index < -0.39 is 0 Å². The van der Waals surface area contributed by atoms with E-state index in [1.54, 1.807) is 0 Å². The standard InChI is InChI=1S/C18H20BrNO/c1-11(2)14-8-5-7-12(3)17(14)20-18(21)15-9-6-10-16(19)13(15)4/h5-11H,1-4H3,(H,20,21). The molecule has 2 aromatic carbocycles. The van der Waals surface area contributed by atoms with Gasteiger partial charge in [-0.25, -0.2) is 0 Å². The third kappa shape index (κ3) is 3.35. The van der Waals surface area contributed by atoms with E-state index in [2.05, 4.69) is 41.2 Å². The fraction of sp³-hybridized carbons (Fsp3) is 0.278. The van der Waals surface area contributed by atoms with Gasteiger partial charge in [0.15, 0.2) is 0 Å². The molecule has 0 atom stereocenters. The van der Waals surface area contributed by atoms with Gasteiger partial charge in [-0.15, -0.1) is 0 Å². The molecule has 0 saturated carbocycles. The van der Waals surface area contributed by atoms with Crippen LogP contribution in [0.2, 0.25) is 0 Å². The molecule has 0 radical (unpaired) electrons. The van der Waals surface area contributed by atoms with Gasteiger partial charge in [0, 0.05) is 15.7 Å². The maximum atomic E-state index is 12.6. The van der Waals surface area contributed by atoms with Crippen molar-refractivity contribution in [1.82, 2.24) is 0 Å². The van der Waals surface area contributed by atoms with Crippen molar-refractivity contribution in [3.05, 3.63) is 63.1 Å². The van der Waals surface area contributed by atoms with Gasteiger partial charge in [-0.1, -0.05) is 54.0 Å². The third-order valence-electron chi connectivity index (χ3n) is 3.68. The Morgan fingerprint density at radius 1 is 1.10 bits per heavy atom. The molecule has 1 amide bonds. The van der Waals surface area contributed by atoms with Crippen LogP contribution in [-0.2, 0) is 0 Å². The quantitative estimate of drug-likeness (QED) is 0.788. The first-order chi connectivity index (χ1) is 9.91. The molecule has 2 rings (SSSR count). The zero-order valence-electron chi connectivity index (χ0n) is 12.8. The molecule has 110 valence electrons. The topological polar surface area (TPSA) is 29.1 Å². The predicted molar refractivity (Wildman–Crippen MR) is 92.1 cm³/mol. The minimum atomic E-state index is -0.0648. The third-order valence-corrected chi connectivity index (χ3v) is 4.54. The molecule has 0 aliphatic rings. The van der Waals surface area contributed by atoms with E-state index in [1.807, 2.05) is 44.2 Å². The Balaban J connectivity index is 2.39. The number of carbonyl (C=O) groups is 1. The highest BCUT2D eigenvalue weighted by atomic mass is 79.9. The molecule has 0 unspecified atom stereocenters. The smallest absolute Gasteiger partial charge is 0.255 e. The molecule has 0 bridgehead atoms. The number of para-hydroxylation sites is 1. The van der Waals surface area contributed by atoms with E-state index in [-0.39, 0.29) is 5.91 Å². The Hall–Kier alpha value is -1.61. The van der Waals surface area contributed by atoms with Crippen molar-refractivity contribution < 1.29 is 4.79 Å². The van der Waals surface area contributed by atoms with Crippen LogP contribution in [0, 0.1) is 13.8 Å². The van der Waals surface area contributed by atoms with Crippen molar-refractivity contribution in [3.8, 4) is 0 Å². The van der Waals surface area contributed by atoms with Crippen molar-refractivity contribution in [2.24, 2.45) is 0 Å². The van der Waals surface area contributed by atoms with Crippen LogP contribution in [0.1, 0.15) is 46.8 Å². The van der Waals surface area contributed by atoms with Gasteiger partial charge in [0.25, 0.3) is 5.91 Å². The lowest BCUT2D eigenvalue weighted by atomic mass is 9.97. The first-order valence-electron chi connectivity index (χ1n) is 7.07. The number of aryl methyl sites for hydroxylation is 1. The second-order valence-corrected chi connectivity index (χ2v) is 6.41. The van der Waals surface area contributed by atoms with Crippen molar-refractivity contribution in [2.75, 3.05) is 5.32 Å². The van der Waals surface area contributed by atoms with Crippen molar-refractivity contribution in [1.29, 1.82) is 0 Å². The average molecular weight is 346 g/mol. The minimum absolute atomic E-state index is 0.0648. The van der Waals surface area contributed by atoms with Crippen LogP contribution < -0.4 is 5.32 Å². The molecule has 3 heteroatoms. The molecule has 0 spiro atoms. The lowest BCUT2D eigenvalue weighted by Gasteiger charge is -2.17. The summed E-state index contributed by atoms with van der Waals surface area (Å²) in [5, 5.41) is 3.08. The summed E-state index contributed by atoms with van der Waals surface area (Å²) >= 11 is 3.47. The van der Waals surface area contributed by atoms with E-state index >= 15 is 0 Å². The number of benzene rings is 2. The van der Waals surface area contributed by atoms with Gasteiger partial charge < -0.3 is 5.32 Å². The molecule has 2 nitrogen and oxygen atoms in total. The SMILES string of the molecule is Cc1cccc(C(C)C)c1NC(=O)c1cccc(Br)c1C. The summed E-state index contributed by atoms with van der Waals surface area (Å²) in [6.07, 6.45) is 0. The molecule has 1 N–H and O–H groups in total. The van der Waals surface area contributed by atoms with Crippen molar-refractivity contribution in [3.63, 3.8) is 0 Å². The number of anilines is 1. The summed E-state index contributed by atoms with van der Waals surface area (Å²) in [6.45, 7) is 8.24. The zero-order chi connectivity index (χ0) is 15.6. The first kappa shape index (κ1) is 15.8. The molecule has 21 heavy (non-hydrogen) atoms. The normalized spacial score (nSPS) is 10.8. The lowest BCUT2D eigenvalue weighted by Crippen LogP contribution is -2.16. The number of hydrogen-bond donors (Lipinski definition) is 1. The number of amides is 1. The Bertz CT molecular complexity index is 677. The molecule has 0 aliphatic carbocycles. The van der Waals surface area contributed by atoms with Gasteiger partial charge in [-0.2, -0.15) is 0 Å². The predicted octanol–water partition coefficient (Wildman–Crippen LogP) is 5.44. The molecule has 0 saturated heterocycles. The van der Waals surface area contributed by atoms with E-state index in [4.69, 9.17) is 0 Å². The highest BCUT2D eigenvalue weighted by Crippen LogP contribution is 2.28. The summed E-state index contributed by atoms with van der Waals surface area (Å²) in [7, 11) is 0. The van der Waals surface area contributed by atoms with Crippen LogP contribution in [-0.4, -0.2) is 5.91 Å². The van der Waals surface area contributed by atoms with Crippen LogP contribution >= 0.6 is 15.9 Å². The van der Waals surface area contributed by atoms with Gasteiger partial charge in [0.2, 0.25) is 0 Å². The van der Waals surface area contributed by atoms with E-state index in [1.165, 1.54) is 0 Å². The van der Waals surface area contributed by atoms with Gasteiger partial charge in [0.1, 0.15) is 0 Å². The fourth-order valence-electron chi connectivity index (χ4n) is 2.38. The van der Waals surface area contributed by atoms with Crippen LogP contribution in [0.3, 0.4) is 0 Å². The summed E-state index contributed by atoms with van der Waals surface area (Å²) < 4.78 is 0.948. The monoisotopic (exact) mass is 345 g/mol. The molecule has 0 heterocycles. The minimum Gasteiger partial charge on any atom is -0.321 e. The summed E-state index contributed by atoms with van der Waals surface area (Å²) in [6, 6.07) is 11.8. The van der Waals surface area contributed by atoms with E-state index in [9.17, 15) is 4.79 Å². The fourth-order valence-corrected chi connectivity index (χ4v) is 2.74. The van der Waals surface area contributed by atoms with Gasteiger partial charge >= 0.3 is 0 Å². The maximum absolute atomic E-state index is 12.6. The number of carbonyl (C=O) groups excluding carboxylic acids is 1. The van der Waals surface area contributed by atoms with Crippen molar-refractivity contribution >= 4 is 27.5 Å². The van der Waals surface area contributed by atoms with Crippen molar-refractivity contribution in [2.45, 2.75) is 33.6 Å². The Morgan fingerprint density at radius 3 is 2.43 bits per heavy atom. The molecule has 0 aromatic heterocycles.